The molecule has 0 aromatic heterocycles. The predicted molar refractivity (Wildman–Crippen MR) is 157 cm³/mol. The van der Waals surface area contributed by atoms with E-state index in [0.29, 0.717) is 25.0 Å². The van der Waals surface area contributed by atoms with Gasteiger partial charge in [-0.2, -0.15) is 0 Å². The first-order chi connectivity index (χ1) is 16.7. The Hall–Kier alpha value is -1.80. The summed E-state index contributed by atoms with van der Waals surface area (Å²) in [6.45, 7) is 22.5. The SMILES string of the molecule is C=C1/C(=C/CO[Si](c2ccccc2)(c2ccccc2)C(C)(C)C)C[C@@H](O[Si](C)(C)C(C)(C)C)C[C@@H]1[18F]. The highest BCUT2D eigenvalue weighted by Gasteiger charge is 2.50. The van der Waals surface area contributed by atoms with Crippen molar-refractivity contribution < 1.29 is 13.2 Å². The molecule has 1 saturated carbocycles. The monoisotopic (exact) mass is 523 g/mol. The van der Waals surface area contributed by atoms with Gasteiger partial charge in [0.05, 0.1) is 12.7 Å². The van der Waals surface area contributed by atoms with Crippen LogP contribution in [0, 0.1) is 0 Å². The van der Waals surface area contributed by atoms with Crippen molar-refractivity contribution >= 4 is 27.0 Å². The van der Waals surface area contributed by atoms with Crippen LogP contribution in [0.2, 0.25) is 23.2 Å². The molecular formula is C31H45FO2Si2. The first kappa shape index (κ1) is 28.8. The van der Waals surface area contributed by atoms with Crippen LogP contribution in [0.1, 0.15) is 54.4 Å². The topological polar surface area (TPSA) is 18.5 Å². The molecule has 0 N–H and O–H groups in total. The number of hydrogen-bond acceptors (Lipinski definition) is 2. The summed E-state index contributed by atoms with van der Waals surface area (Å²) in [5.74, 6) is 0. The fourth-order valence-electron chi connectivity index (χ4n) is 4.96. The second-order valence-electron chi connectivity index (χ2n) is 12.6. The van der Waals surface area contributed by atoms with Gasteiger partial charge in [-0.1, -0.05) is 115 Å². The van der Waals surface area contributed by atoms with E-state index in [2.05, 4.69) is 116 Å². The van der Waals surface area contributed by atoms with Crippen LogP contribution in [0.25, 0.3) is 0 Å². The lowest BCUT2D eigenvalue weighted by atomic mass is 9.87. The number of rotatable bonds is 7. The molecule has 1 fully saturated rings. The van der Waals surface area contributed by atoms with Crippen LogP contribution in [0.5, 0.6) is 0 Å². The Bertz CT molecular complexity index is 1010. The maximum Gasteiger partial charge on any atom is 0.261 e. The third kappa shape index (κ3) is 6.01. The van der Waals surface area contributed by atoms with E-state index in [-0.39, 0.29) is 16.2 Å². The Balaban J connectivity index is 1.92. The van der Waals surface area contributed by atoms with Crippen molar-refractivity contribution in [2.24, 2.45) is 0 Å². The highest BCUT2D eigenvalue weighted by atomic mass is 28.4. The molecule has 1 aliphatic rings. The van der Waals surface area contributed by atoms with Crippen LogP contribution in [0.3, 0.4) is 0 Å². The molecule has 2 nitrogen and oxygen atoms in total. The number of hydrogen-bond donors (Lipinski definition) is 0. The first-order valence-corrected chi connectivity index (χ1v) is 18.0. The minimum atomic E-state index is -2.65. The van der Waals surface area contributed by atoms with Gasteiger partial charge in [-0.25, -0.2) is 4.39 Å². The van der Waals surface area contributed by atoms with Gasteiger partial charge in [0.15, 0.2) is 8.32 Å². The average Bonchev–Trinajstić information content (AvgIpc) is 2.79. The molecule has 0 saturated heterocycles. The Morgan fingerprint density at radius 1 is 0.889 bits per heavy atom. The van der Waals surface area contributed by atoms with E-state index in [1.54, 1.807) is 0 Å². The minimum Gasteiger partial charge on any atom is -0.413 e. The normalized spacial score (nSPS) is 21.1. The van der Waals surface area contributed by atoms with Crippen molar-refractivity contribution in [1.82, 2.24) is 0 Å². The van der Waals surface area contributed by atoms with Crippen molar-refractivity contribution in [2.75, 3.05) is 6.61 Å². The summed E-state index contributed by atoms with van der Waals surface area (Å²) in [7, 11) is -4.64. The molecule has 0 radical (unpaired) electrons. The lowest BCUT2D eigenvalue weighted by Gasteiger charge is -2.43. The predicted octanol–water partition coefficient (Wildman–Crippen LogP) is 7.57. The van der Waals surface area contributed by atoms with Gasteiger partial charge in [0.1, 0.15) is 6.17 Å². The van der Waals surface area contributed by atoms with E-state index in [0.717, 1.165) is 5.57 Å². The van der Waals surface area contributed by atoms with Crippen LogP contribution in [-0.2, 0) is 8.85 Å². The lowest BCUT2D eigenvalue weighted by Crippen LogP contribution is -2.66. The fourth-order valence-corrected chi connectivity index (χ4v) is 10.8. The Kier molecular flexibility index (Phi) is 8.71. The van der Waals surface area contributed by atoms with E-state index < -0.39 is 22.8 Å². The molecule has 2 aromatic carbocycles. The van der Waals surface area contributed by atoms with E-state index >= 15 is 4.39 Å². The van der Waals surface area contributed by atoms with Crippen molar-refractivity contribution in [3.05, 3.63) is 84.5 Å². The van der Waals surface area contributed by atoms with Crippen LogP contribution in [-0.4, -0.2) is 35.5 Å². The summed E-state index contributed by atoms with van der Waals surface area (Å²) in [5.41, 5.74) is 1.52. The highest BCUT2D eigenvalue weighted by Crippen LogP contribution is 2.41. The van der Waals surface area contributed by atoms with Gasteiger partial charge in [-0.05, 0) is 51.1 Å². The molecular weight excluding hydrogens is 479 g/mol. The van der Waals surface area contributed by atoms with Gasteiger partial charge < -0.3 is 8.85 Å². The Labute approximate surface area is 220 Å². The third-order valence-electron chi connectivity index (χ3n) is 8.02. The standard InChI is InChI=1S/C31H45FO2Si2/c1-24-25(22-26(23-29(24)32)34-35(8,9)30(2,3)4)20-21-33-36(31(5,6)7,27-16-12-10-13-17-27)28-18-14-11-15-19-28/h10-20,26,29H,1,21-23H2,2-9H3/b25-20+/t26-,29+/m1/s1/i32-1. The maximum atomic E-state index is 15.1. The molecule has 5 heteroatoms. The summed E-state index contributed by atoms with van der Waals surface area (Å²) in [5, 5.41) is 2.47. The molecule has 36 heavy (non-hydrogen) atoms. The minimum absolute atomic E-state index is 0.0868. The van der Waals surface area contributed by atoms with Crippen molar-refractivity contribution in [3.63, 3.8) is 0 Å². The van der Waals surface area contributed by atoms with Crippen LogP contribution in [0.15, 0.2) is 84.5 Å². The molecule has 0 aliphatic heterocycles. The van der Waals surface area contributed by atoms with Gasteiger partial charge in [0.2, 0.25) is 0 Å². The first-order valence-electron chi connectivity index (χ1n) is 13.1. The van der Waals surface area contributed by atoms with Gasteiger partial charge in [-0.15, -0.1) is 0 Å². The summed E-state index contributed by atoms with van der Waals surface area (Å²) in [6, 6.07) is 21.2. The van der Waals surface area contributed by atoms with Gasteiger partial charge in [-0.3, -0.25) is 0 Å². The van der Waals surface area contributed by atoms with Crippen LogP contribution >= 0.6 is 0 Å². The van der Waals surface area contributed by atoms with E-state index in [1.807, 2.05) is 12.1 Å². The smallest absolute Gasteiger partial charge is 0.261 e. The summed E-state index contributed by atoms with van der Waals surface area (Å²) < 4.78 is 28.7. The maximum absolute atomic E-state index is 15.1. The number of alkyl halides is 1. The largest absolute Gasteiger partial charge is 0.413 e. The zero-order valence-corrected chi connectivity index (χ0v) is 25.5. The van der Waals surface area contributed by atoms with Crippen molar-refractivity contribution in [1.29, 1.82) is 0 Å². The van der Waals surface area contributed by atoms with E-state index in [4.69, 9.17) is 8.85 Å². The Morgan fingerprint density at radius 3 is 1.83 bits per heavy atom. The second kappa shape index (κ2) is 10.9. The van der Waals surface area contributed by atoms with Gasteiger partial charge in [0.25, 0.3) is 8.32 Å². The summed E-state index contributed by atoms with van der Waals surface area (Å²) >= 11 is 0. The zero-order valence-electron chi connectivity index (χ0n) is 23.5. The van der Waals surface area contributed by atoms with E-state index in [9.17, 15) is 0 Å². The Morgan fingerprint density at radius 2 is 1.39 bits per heavy atom. The van der Waals surface area contributed by atoms with Gasteiger partial charge in [0, 0.05) is 6.42 Å². The number of halogens is 1. The molecule has 1 aliphatic carbocycles. The van der Waals surface area contributed by atoms with Crippen molar-refractivity contribution in [3.8, 4) is 0 Å². The summed E-state index contributed by atoms with van der Waals surface area (Å²) in [4.78, 5) is 0. The van der Waals surface area contributed by atoms with E-state index in [1.165, 1.54) is 10.4 Å². The molecule has 0 heterocycles. The number of allylic oxidation sites excluding steroid dienone is 1. The van der Waals surface area contributed by atoms with Crippen LogP contribution < -0.4 is 10.4 Å². The summed E-state index contributed by atoms with van der Waals surface area (Å²) in [6.07, 6.45) is 1.95. The molecule has 2 aromatic rings. The van der Waals surface area contributed by atoms with Gasteiger partial charge >= 0.3 is 0 Å². The molecule has 0 amide bonds. The molecule has 0 spiro atoms. The molecule has 0 bridgehead atoms. The molecule has 196 valence electrons. The second-order valence-corrected chi connectivity index (χ2v) is 21.7. The fraction of sp³-hybridized carbons (Fsp3) is 0.484. The quantitative estimate of drug-likeness (QED) is 0.349. The molecule has 2 atom stereocenters. The number of benzene rings is 2. The van der Waals surface area contributed by atoms with Crippen molar-refractivity contribution in [2.45, 2.75) is 89.8 Å². The lowest BCUT2D eigenvalue weighted by molar-refractivity contribution is 0.131. The zero-order chi connectivity index (χ0) is 26.8. The highest BCUT2D eigenvalue weighted by molar-refractivity contribution is 6.99. The third-order valence-corrected chi connectivity index (χ3v) is 17.6. The molecule has 3 rings (SSSR count). The molecule has 0 unspecified atom stereocenters. The van der Waals surface area contributed by atoms with Crippen LogP contribution in [0.4, 0.5) is 4.39 Å². The average molecular weight is 524 g/mol.